The van der Waals surface area contributed by atoms with Gasteiger partial charge in [0, 0.05) is 23.4 Å². The van der Waals surface area contributed by atoms with Crippen LogP contribution in [0.25, 0.3) is 21.8 Å². The third-order valence-corrected chi connectivity index (χ3v) is 3.34. The number of aromatic nitrogens is 2. The van der Waals surface area contributed by atoms with Crippen LogP contribution >= 0.6 is 0 Å². The summed E-state index contributed by atoms with van der Waals surface area (Å²) in [5.41, 5.74) is 2.91. The summed E-state index contributed by atoms with van der Waals surface area (Å²) in [5, 5.41) is 2.01. The smallest absolute Gasteiger partial charge is 0.356 e. The van der Waals surface area contributed by atoms with Gasteiger partial charge in [0.25, 0.3) is 0 Å². The Bertz CT molecular complexity index is 808. The Hall–Kier alpha value is -2.40. The summed E-state index contributed by atoms with van der Waals surface area (Å²) in [6.45, 7) is 2.43. The number of nitrogens with zero attached hydrogens (tertiary/aromatic N) is 1. The van der Waals surface area contributed by atoms with Crippen LogP contribution in [0.4, 0.5) is 0 Å². The maximum absolute atomic E-state index is 12.0. The van der Waals surface area contributed by atoms with Crippen molar-refractivity contribution in [2.75, 3.05) is 13.7 Å². The zero-order valence-electron chi connectivity index (χ0n) is 12.0. The molecule has 0 unspecified atom stereocenters. The number of hydrogen-bond donors (Lipinski definition) is 1. The van der Waals surface area contributed by atoms with Crippen molar-refractivity contribution >= 4 is 27.8 Å². The van der Waals surface area contributed by atoms with Gasteiger partial charge >= 0.3 is 5.97 Å². The summed E-state index contributed by atoms with van der Waals surface area (Å²) >= 11 is 0. The lowest BCUT2D eigenvalue weighted by Gasteiger charge is -2.06. The third-order valence-electron chi connectivity index (χ3n) is 3.34. The molecule has 1 N–H and O–H groups in total. The first kappa shape index (κ1) is 13.6. The van der Waals surface area contributed by atoms with Crippen molar-refractivity contribution in [3.8, 4) is 0 Å². The Morgan fingerprint density at radius 1 is 1.29 bits per heavy atom. The molecule has 0 spiro atoms. The zero-order chi connectivity index (χ0) is 14.8. The molecule has 3 aromatic rings. The van der Waals surface area contributed by atoms with E-state index < -0.39 is 5.97 Å². The lowest BCUT2D eigenvalue weighted by Crippen LogP contribution is -2.09. The van der Waals surface area contributed by atoms with E-state index in [1.165, 1.54) is 0 Å². The number of hydrogen-bond acceptors (Lipinski definition) is 4. The fourth-order valence-corrected chi connectivity index (χ4v) is 2.46. The highest BCUT2D eigenvalue weighted by Gasteiger charge is 2.16. The molecule has 5 nitrogen and oxygen atoms in total. The molecule has 108 valence electrons. The molecule has 0 atom stereocenters. The van der Waals surface area contributed by atoms with Gasteiger partial charge in [-0.1, -0.05) is 18.2 Å². The van der Waals surface area contributed by atoms with Gasteiger partial charge in [0.05, 0.1) is 24.4 Å². The van der Waals surface area contributed by atoms with E-state index in [2.05, 4.69) is 9.97 Å². The number of benzene rings is 1. The lowest BCUT2D eigenvalue weighted by atomic mass is 10.1. The van der Waals surface area contributed by atoms with Gasteiger partial charge in [0.2, 0.25) is 0 Å². The topological polar surface area (TPSA) is 64.2 Å². The van der Waals surface area contributed by atoms with Crippen molar-refractivity contribution in [2.45, 2.75) is 13.5 Å². The molecule has 2 aromatic heterocycles. The minimum atomic E-state index is -0.415. The van der Waals surface area contributed by atoms with Crippen LogP contribution in [0.15, 0.2) is 30.3 Å². The molecular formula is C16H16N2O3. The Morgan fingerprint density at radius 3 is 2.86 bits per heavy atom. The number of carbonyl (C=O) groups excluding carboxylic acids is 1. The third kappa shape index (κ3) is 2.36. The first-order valence-electron chi connectivity index (χ1n) is 6.81. The summed E-state index contributed by atoms with van der Waals surface area (Å²) in [4.78, 5) is 19.7. The monoisotopic (exact) mass is 284 g/mol. The molecule has 0 amide bonds. The van der Waals surface area contributed by atoms with Crippen LogP contribution in [0, 0.1) is 0 Å². The summed E-state index contributed by atoms with van der Waals surface area (Å²) in [7, 11) is 1.60. The van der Waals surface area contributed by atoms with E-state index in [1.54, 1.807) is 20.1 Å². The molecule has 0 aliphatic carbocycles. The van der Waals surface area contributed by atoms with Crippen LogP contribution in [-0.4, -0.2) is 29.7 Å². The maximum Gasteiger partial charge on any atom is 0.356 e. The average Bonchev–Trinajstić information content (AvgIpc) is 2.87. The molecule has 0 saturated carbocycles. The number of ether oxygens (including phenoxy) is 2. The predicted molar refractivity (Wildman–Crippen MR) is 80.3 cm³/mol. The fourth-order valence-electron chi connectivity index (χ4n) is 2.46. The number of methoxy groups -OCH3 is 1. The van der Waals surface area contributed by atoms with E-state index in [1.807, 2.05) is 24.3 Å². The van der Waals surface area contributed by atoms with Crippen LogP contribution in [-0.2, 0) is 16.1 Å². The van der Waals surface area contributed by atoms with E-state index in [4.69, 9.17) is 9.47 Å². The highest BCUT2D eigenvalue weighted by molar-refractivity contribution is 6.09. The number of para-hydroxylation sites is 1. The van der Waals surface area contributed by atoms with E-state index in [9.17, 15) is 4.79 Å². The van der Waals surface area contributed by atoms with Crippen LogP contribution in [0.1, 0.15) is 23.1 Å². The minimum Gasteiger partial charge on any atom is -0.461 e. The number of pyridine rings is 1. The SMILES string of the molecule is CCOC(=O)c1cc2c([nH]c3ccccc32)c(COC)n1. The summed E-state index contributed by atoms with van der Waals surface area (Å²) in [6, 6.07) is 9.71. The second-order valence-corrected chi connectivity index (χ2v) is 4.70. The number of fused-ring (bicyclic) bond motifs is 3. The summed E-state index contributed by atoms with van der Waals surface area (Å²) in [6.07, 6.45) is 0. The number of aromatic amines is 1. The Balaban J connectivity index is 2.27. The Morgan fingerprint density at radius 2 is 2.10 bits per heavy atom. The van der Waals surface area contributed by atoms with Gasteiger partial charge in [-0.2, -0.15) is 0 Å². The molecule has 1 aromatic carbocycles. The standard InChI is InChI=1S/C16H16N2O3/c1-3-21-16(19)13-8-11-10-6-4-5-7-12(10)18-15(11)14(17-13)9-20-2/h4-8,18H,3,9H2,1-2H3. The molecule has 0 aliphatic heterocycles. The van der Waals surface area contributed by atoms with Crippen molar-refractivity contribution in [3.05, 3.63) is 41.7 Å². The minimum absolute atomic E-state index is 0.307. The maximum atomic E-state index is 12.0. The van der Waals surface area contributed by atoms with Gasteiger partial charge < -0.3 is 14.5 Å². The summed E-state index contributed by atoms with van der Waals surface area (Å²) in [5.74, 6) is -0.415. The number of H-pyrrole nitrogens is 1. The van der Waals surface area contributed by atoms with Crippen molar-refractivity contribution in [1.29, 1.82) is 0 Å². The van der Waals surface area contributed by atoms with Gasteiger partial charge in [-0.25, -0.2) is 9.78 Å². The zero-order valence-corrected chi connectivity index (χ0v) is 12.0. The van der Waals surface area contributed by atoms with Gasteiger partial charge in [-0.15, -0.1) is 0 Å². The Labute approximate surface area is 121 Å². The van der Waals surface area contributed by atoms with Crippen molar-refractivity contribution in [1.82, 2.24) is 9.97 Å². The molecule has 21 heavy (non-hydrogen) atoms. The number of carbonyl (C=O) groups is 1. The number of esters is 1. The molecular weight excluding hydrogens is 268 g/mol. The molecule has 0 radical (unpaired) electrons. The van der Waals surface area contributed by atoms with Crippen molar-refractivity contribution < 1.29 is 14.3 Å². The second-order valence-electron chi connectivity index (χ2n) is 4.70. The second kappa shape index (κ2) is 5.54. The van der Waals surface area contributed by atoms with Crippen molar-refractivity contribution in [3.63, 3.8) is 0 Å². The van der Waals surface area contributed by atoms with Crippen LogP contribution < -0.4 is 0 Å². The molecule has 5 heteroatoms. The number of nitrogens with one attached hydrogen (secondary N) is 1. The van der Waals surface area contributed by atoms with Gasteiger partial charge in [-0.3, -0.25) is 0 Å². The highest BCUT2D eigenvalue weighted by atomic mass is 16.5. The molecule has 0 aliphatic rings. The van der Waals surface area contributed by atoms with Crippen molar-refractivity contribution in [2.24, 2.45) is 0 Å². The summed E-state index contributed by atoms with van der Waals surface area (Å²) < 4.78 is 10.2. The van der Waals surface area contributed by atoms with Crippen LogP contribution in [0.5, 0.6) is 0 Å². The average molecular weight is 284 g/mol. The van der Waals surface area contributed by atoms with Crippen LogP contribution in [0.3, 0.4) is 0 Å². The van der Waals surface area contributed by atoms with E-state index >= 15 is 0 Å². The van der Waals surface area contributed by atoms with Crippen LogP contribution in [0.2, 0.25) is 0 Å². The first-order valence-corrected chi connectivity index (χ1v) is 6.81. The van der Waals surface area contributed by atoms with E-state index in [-0.39, 0.29) is 0 Å². The van der Waals surface area contributed by atoms with Gasteiger partial charge in [-0.05, 0) is 19.1 Å². The highest BCUT2D eigenvalue weighted by Crippen LogP contribution is 2.28. The fraction of sp³-hybridized carbons (Fsp3) is 0.250. The normalized spacial score (nSPS) is 11.1. The largest absolute Gasteiger partial charge is 0.461 e. The predicted octanol–water partition coefficient (Wildman–Crippen LogP) is 3.04. The lowest BCUT2D eigenvalue weighted by molar-refractivity contribution is 0.0519. The van der Waals surface area contributed by atoms with E-state index in [0.29, 0.717) is 24.6 Å². The Kier molecular flexibility index (Phi) is 3.58. The molecule has 2 heterocycles. The molecule has 0 bridgehead atoms. The molecule has 0 saturated heterocycles. The van der Waals surface area contributed by atoms with Gasteiger partial charge in [0.1, 0.15) is 5.69 Å². The first-order chi connectivity index (χ1) is 10.2. The quantitative estimate of drug-likeness (QED) is 0.748. The van der Waals surface area contributed by atoms with Gasteiger partial charge in [0.15, 0.2) is 0 Å². The molecule has 0 fully saturated rings. The molecule has 3 rings (SSSR count). The van der Waals surface area contributed by atoms with E-state index in [0.717, 1.165) is 21.8 Å². The number of rotatable bonds is 4.